The number of aliphatic carboxylic acids is 2. The Bertz CT molecular complexity index is 195. The molecule has 0 amide bonds. The van der Waals surface area contributed by atoms with Crippen molar-refractivity contribution in [2.75, 3.05) is 13.2 Å². The van der Waals surface area contributed by atoms with E-state index in [9.17, 15) is 19.8 Å². The Morgan fingerprint density at radius 3 is 2.14 bits per heavy atom. The zero-order valence-corrected chi connectivity index (χ0v) is 7.73. The first-order valence-electron chi connectivity index (χ1n) is 4.14. The molecule has 0 aliphatic carbocycles. The quantitative estimate of drug-likeness (QED) is 0.337. The minimum Gasteiger partial charge on any atom is -0.550 e. The molecule has 5 nitrogen and oxygen atoms in total. The molecule has 0 bridgehead atoms. The van der Waals surface area contributed by atoms with E-state index >= 15 is 0 Å². The lowest BCUT2D eigenvalue weighted by atomic mass is 10.0. The number of carbonyl (C=O) groups excluding carboxylic acids is 2. The van der Waals surface area contributed by atoms with Gasteiger partial charge >= 0.3 is 0 Å². The van der Waals surface area contributed by atoms with Gasteiger partial charge in [-0.15, -0.1) is 6.58 Å². The van der Waals surface area contributed by atoms with E-state index in [4.69, 9.17) is 4.74 Å². The fourth-order valence-electron chi connectivity index (χ4n) is 0.979. The van der Waals surface area contributed by atoms with Gasteiger partial charge in [0.15, 0.2) is 0 Å². The third kappa shape index (κ3) is 7.30. The maximum Gasteiger partial charge on any atom is 0.0644 e. The summed E-state index contributed by atoms with van der Waals surface area (Å²) in [5.74, 6) is -3.19. The van der Waals surface area contributed by atoms with Crippen LogP contribution in [0.25, 0.3) is 0 Å². The third-order valence-corrected chi connectivity index (χ3v) is 1.50. The summed E-state index contributed by atoms with van der Waals surface area (Å²) in [7, 11) is 0. The largest absolute Gasteiger partial charge is 0.550 e. The van der Waals surface area contributed by atoms with Gasteiger partial charge in [0.1, 0.15) is 0 Å². The molecule has 0 saturated heterocycles. The zero-order chi connectivity index (χ0) is 11.0. The second-order valence-electron chi connectivity index (χ2n) is 2.84. The van der Waals surface area contributed by atoms with Gasteiger partial charge in [-0.3, -0.25) is 0 Å². The highest BCUT2D eigenvalue weighted by atomic mass is 16.5. The van der Waals surface area contributed by atoms with Gasteiger partial charge < -0.3 is 24.5 Å². The highest BCUT2D eigenvalue weighted by Crippen LogP contribution is 2.07. The van der Waals surface area contributed by atoms with E-state index < -0.39 is 17.9 Å². The van der Waals surface area contributed by atoms with Crippen LogP contribution >= 0.6 is 0 Å². The first-order chi connectivity index (χ1) is 6.56. The monoisotopic (exact) mass is 200 g/mol. The van der Waals surface area contributed by atoms with Crippen molar-refractivity contribution in [3.05, 3.63) is 12.7 Å². The Hall–Kier alpha value is -1.36. The maximum atomic E-state index is 10.2. The molecule has 0 rings (SSSR count). The molecule has 0 aromatic rings. The molecule has 5 heteroatoms. The van der Waals surface area contributed by atoms with E-state index in [1.165, 1.54) is 6.08 Å². The van der Waals surface area contributed by atoms with Gasteiger partial charge in [-0.25, -0.2) is 0 Å². The molecule has 80 valence electrons. The van der Waals surface area contributed by atoms with Crippen LogP contribution < -0.4 is 10.2 Å². The van der Waals surface area contributed by atoms with Gasteiger partial charge in [0.05, 0.1) is 13.2 Å². The molecule has 0 aliphatic heterocycles. The normalized spacial score (nSPS) is 10.1. The number of carbonyl (C=O) groups is 2. The number of hydrogen-bond donors (Lipinski definition) is 0. The topological polar surface area (TPSA) is 89.5 Å². The zero-order valence-electron chi connectivity index (χ0n) is 7.73. The highest BCUT2D eigenvalue weighted by Gasteiger charge is 2.09. The minimum absolute atomic E-state index is 0.0496. The van der Waals surface area contributed by atoms with Crippen LogP contribution in [0.5, 0.6) is 0 Å². The van der Waals surface area contributed by atoms with Crippen LogP contribution in [0.4, 0.5) is 0 Å². The second kappa shape index (κ2) is 7.08. The molecular formula is C9H12O5-2. The van der Waals surface area contributed by atoms with Gasteiger partial charge in [0.2, 0.25) is 0 Å². The van der Waals surface area contributed by atoms with Crippen molar-refractivity contribution in [2.24, 2.45) is 5.92 Å². The molecule has 14 heavy (non-hydrogen) atoms. The summed E-state index contributed by atoms with van der Waals surface area (Å²) in [5, 5.41) is 20.4. The second-order valence-corrected chi connectivity index (χ2v) is 2.84. The fraction of sp³-hybridized carbons (Fsp3) is 0.556. The van der Waals surface area contributed by atoms with Gasteiger partial charge in [0.25, 0.3) is 0 Å². The number of carboxylic acid groups (broad SMARTS) is 2. The summed E-state index contributed by atoms with van der Waals surface area (Å²) in [6.07, 6.45) is 0.811. The van der Waals surface area contributed by atoms with Gasteiger partial charge in [-0.1, -0.05) is 6.08 Å². The molecule has 0 aromatic carbocycles. The third-order valence-electron chi connectivity index (χ3n) is 1.50. The molecule has 0 heterocycles. The summed E-state index contributed by atoms with van der Waals surface area (Å²) in [4.78, 5) is 20.4. The molecule has 0 fully saturated rings. The molecule has 0 N–H and O–H groups in total. The maximum absolute atomic E-state index is 10.2. The van der Waals surface area contributed by atoms with Crippen LogP contribution in [0.3, 0.4) is 0 Å². The SMILES string of the molecule is C=CCOCC(CC(=O)[O-])CC(=O)[O-]. The Labute approximate surface area is 82.0 Å². The first-order valence-corrected chi connectivity index (χ1v) is 4.14. The molecular weight excluding hydrogens is 188 g/mol. The first kappa shape index (κ1) is 12.6. The van der Waals surface area contributed by atoms with Crippen molar-refractivity contribution >= 4 is 11.9 Å². The Balaban J connectivity index is 3.89. The molecule has 0 unspecified atom stereocenters. The lowest BCUT2D eigenvalue weighted by Crippen LogP contribution is -2.32. The highest BCUT2D eigenvalue weighted by molar-refractivity contribution is 5.68. The van der Waals surface area contributed by atoms with Gasteiger partial charge in [0, 0.05) is 11.9 Å². The van der Waals surface area contributed by atoms with Crippen LogP contribution in [0.15, 0.2) is 12.7 Å². The fourth-order valence-corrected chi connectivity index (χ4v) is 0.979. The summed E-state index contributed by atoms with van der Waals surface area (Å²) in [6, 6.07) is 0. The molecule has 0 spiro atoms. The van der Waals surface area contributed by atoms with Gasteiger partial charge in [-0.2, -0.15) is 0 Å². The predicted molar refractivity (Wildman–Crippen MR) is 43.8 cm³/mol. The number of ether oxygens (including phenoxy) is 1. The Morgan fingerprint density at radius 1 is 1.29 bits per heavy atom. The minimum atomic E-state index is -1.29. The summed E-state index contributed by atoms with van der Waals surface area (Å²) >= 11 is 0. The van der Waals surface area contributed by atoms with Crippen molar-refractivity contribution in [1.29, 1.82) is 0 Å². The summed E-state index contributed by atoms with van der Waals surface area (Å²) in [5.41, 5.74) is 0. The van der Waals surface area contributed by atoms with Crippen LogP contribution in [-0.2, 0) is 14.3 Å². The lowest BCUT2D eigenvalue weighted by molar-refractivity contribution is -0.310. The van der Waals surface area contributed by atoms with Gasteiger partial charge in [-0.05, 0) is 18.8 Å². The number of rotatable bonds is 8. The molecule has 0 atom stereocenters. The van der Waals surface area contributed by atoms with E-state index in [1.807, 2.05) is 0 Å². The molecule has 0 aliphatic rings. The average Bonchev–Trinajstić information content (AvgIpc) is 2.02. The van der Waals surface area contributed by atoms with Crippen LogP contribution in [0.2, 0.25) is 0 Å². The molecule has 0 aromatic heterocycles. The predicted octanol–water partition coefficient (Wildman–Crippen LogP) is -1.91. The van der Waals surface area contributed by atoms with Crippen molar-refractivity contribution < 1.29 is 24.5 Å². The standard InChI is InChI=1S/C9H14O5/c1-2-3-14-6-7(4-8(10)11)5-9(12)13/h2,7H,1,3-6H2,(H,10,11)(H,12,13)/p-2. The lowest BCUT2D eigenvalue weighted by Gasteiger charge is -2.17. The van der Waals surface area contributed by atoms with Crippen LogP contribution in [0.1, 0.15) is 12.8 Å². The van der Waals surface area contributed by atoms with Crippen molar-refractivity contribution in [2.45, 2.75) is 12.8 Å². The van der Waals surface area contributed by atoms with Crippen molar-refractivity contribution in [3.63, 3.8) is 0 Å². The van der Waals surface area contributed by atoms with Crippen LogP contribution in [0, 0.1) is 5.92 Å². The van der Waals surface area contributed by atoms with Crippen molar-refractivity contribution in [1.82, 2.24) is 0 Å². The van der Waals surface area contributed by atoms with E-state index in [0.717, 1.165) is 0 Å². The molecule has 0 radical (unpaired) electrons. The summed E-state index contributed by atoms with van der Waals surface area (Å²) in [6.45, 7) is 3.71. The summed E-state index contributed by atoms with van der Waals surface area (Å²) < 4.78 is 4.95. The Kier molecular flexibility index (Phi) is 6.39. The smallest absolute Gasteiger partial charge is 0.0644 e. The van der Waals surface area contributed by atoms with E-state index in [1.54, 1.807) is 0 Å². The van der Waals surface area contributed by atoms with E-state index in [-0.39, 0.29) is 26.1 Å². The number of hydrogen-bond acceptors (Lipinski definition) is 5. The molecule has 0 saturated carbocycles. The number of carboxylic acids is 2. The van der Waals surface area contributed by atoms with E-state index in [2.05, 4.69) is 6.58 Å². The van der Waals surface area contributed by atoms with E-state index in [0.29, 0.717) is 0 Å². The van der Waals surface area contributed by atoms with Crippen molar-refractivity contribution in [3.8, 4) is 0 Å². The van der Waals surface area contributed by atoms with Crippen LogP contribution in [-0.4, -0.2) is 25.2 Å². The average molecular weight is 200 g/mol. The Morgan fingerprint density at radius 2 is 1.79 bits per heavy atom.